The molecule has 70 valence electrons. The molecular weight excluding hydrogens is 167 g/mol. The van der Waals surface area contributed by atoms with Gasteiger partial charge in [0.05, 0.1) is 0 Å². The van der Waals surface area contributed by atoms with Crippen LogP contribution in [0.3, 0.4) is 0 Å². The van der Waals surface area contributed by atoms with Crippen LogP contribution < -0.4 is 0 Å². The summed E-state index contributed by atoms with van der Waals surface area (Å²) in [5, 5.41) is 0. The third-order valence-electron chi connectivity index (χ3n) is 2.04. The maximum Gasteiger partial charge on any atom is 0.126 e. The van der Waals surface area contributed by atoms with E-state index in [0.29, 0.717) is 19.3 Å². The summed E-state index contributed by atoms with van der Waals surface area (Å²) >= 11 is 0. The molecule has 0 heterocycles. The number of benzene rings is 1. The highest BCUT2D eigenvalue weighted by molar-refractivity contribution is 5.50. The fraction of sp³-hybridized carbons (Fsp3) is 0.364. The first-order valence-corrected chi connectivity index (χ1v) is 4.49. The highest BCUT2D eigenvalue weighted by Gasteiger charge is 2.00. The molecule has 0 unspecified atom stereocenters. The lowest BCUT2D eigenvalue weighted by Crippen LogP contribution is -1.92. The van der Waals surface area contributed by atoms with Gasteiger partial charge in [-0.3, -0.25) is 0 Å². The number of hydrogen-bond donors (Lipinski definition) is 0. The van der Waals surface area contributed by atoms with Crippen molar-refractivity contribution in [3.05, 3.63) is 35.1 Å². The van der Waals surface area contributed by atoms with Crippen LogP contribution in [0.1, 0.15) is 24.5 Å². The third-order valence-corrected chi connectivity index (χ3v) is 2.04. The van der Waals surface area contributed by atoms with Gasteiger partial charge in [0.2, 0.25) is 0 Å². The minimum Gasteiger partial charge on any atom is -0.303 e. The topological polar surface area (TPSA) is 17.1 Å². The summed E-state index contributed by atoms with van der Waals surface area (Å²) in [4.78, 5) is 10.1. The molecule has 13 heavy (non-hydrogen) atoms. The number of rotatable bonds is 4. The number of hydrogen-bond acceptors (Lipinski definition) is 1. The summed E-state index contributed by atoms with van der Waals surface area (Å²) in [6.07, 6.45) is 2.79. The SMILES string of the molecule is CCc1cc(CCC=O)ccc1F. The van der Waals surface area contributed by atoms with Crippen LogP contribution in [0.4, 0.5) is 4.39 Å². The second-order valence-electron chi connectivity index (χ2n) is 2.98. The summed E-state index contributed by atoms with van der Waals surface area (Å²) in [5.41, 5.74) is 1.76. The van der Waals surface area contributed by atoms with Crippen molar-refractivity contribution in [3.8, 4) is 0 Å². The number of carbonyl (C=O) groups is 1. The van der Waals surface area contributed by atoms with Gasteiger partial charge < -0.3 is 4.79 Å². The van der Waals surface area contributed by atoms with Crippen LogP contribution in [0, 0.1) is 5.82 Å². The largest absolute Gasteiger partial charge is 0.303 e. The fourth-order valence-electron chi connectivity index (χ4n) is 1.28. The molecule has 0 bridgehead atoms. The highest BCUT2D eigenvalue weighted by atomic mass is 19.1. The summed E-state index contributed by atoms with van der Waals surface area (Å²) in [6, 6.07) is 5.04. The van der Waals surface area contributed by atoms with Crippen molar-refractivity contribution in [2.45, 2.75) is 26.2 Å². The Morgan fingerprint density at radius 1 is 1.46 bits per heavy atom. The van der Waals surface area contributed by atoms with Crippen molar-refractivity contribution in [2.75, 3.05) is 0 Å². The maximum absolute atomic E-state index is 13.0. The van der Waals surface area contributed by atoms with Gasteiger partial charge in [0.25, 0.3) is 0 Å². The first-order chi connectivity index (χ1) is 6.27. The molecule has 0 radical (unpaired) electrons. The van der Waals surface area contributed by atoms with Crippen LogP contribution in [-0.4, -0.2) is 6.29 Å². The van der Waals surface area contributed by atoms with Crippen LogP contribution >= 0.6 is 0 Å². The van der Waals surface area contributed by atoms with Crippen molar-refractivity contribution in [3.63, 3.8) is 0 Å². The molecule has 0 amide bonds. The van der Waals surface area contributed by atoms with Gasteiger partial charge in [-0.25, -0.2) is 4.39 Å². The van der Waals surface area contributed by atoms with Crippen LogP contribution in [0.15, 0.2) is 18.2 Å². The zero-order valence-corrected chi connectivity index (χ0v) is 7.72. The Hall–Kier alpha value is -1.18. The zero-order chi connectivity index (χ0) is 9.68. The van der Waals surface area contributed by atoms with Crippen LogP contribution in [0.5, 0.6) is 0 Å². The normalized spacial score (nSPS) is 10.0. The number of aldehydes is 1. The van der Waals surface area contributed by atoms with Crippen molar-refractivity contribution in [2.24, 2.45) is 0 Å². The van der Waals surface area contributed by atoms with Gasteiger partial charge >= 0.3 is 0 Å². The molecule has 0 aromatic heterocycles. The molecule has 1 aromatic rings. The first-order valence-electron chi connectivity index (χ1n) is 4.49. The Kier molecular flexibility index (Phi) is 3.62. The molecule has 1 nitrogen and oxygen atoms in total. The number of halogens is 1. The zero-order valence-electron chi connectivity index (χ0n) is 7.72. The lowest BCUT2D eigenvalue weighted by atomic mass is 10.0. The third kappa shape index (κ3) is 2.65. The van der Waals surface area contributed by atoms with Crippen molar-refractivity contribution >= 4 is 6.29 Å². The smallest absolute Gasteiger partial charge is 0.126 e. The van der Waals surface area contributed by atoms with Crippen LogP contribution in [0.25, 0.3) is 0 Å². The minimum atomic E-state index is -0.155. The molecule has 1 rings (SSSR count). The van der Waals surface area contributed by atoms with Gasteiger partial charge in [-0.2, -0.15) is 0 Å². The lowest BCUT2D eigenvalue weighted by Gasteiger charge is -2.02. The van der Waals surface area contributed by atoms with E-state index in [1.165, 1.54) is 6.07 Å². The molecule has 0 aliphatic rings. The molecule has 0 atom stereocenters. The Labute approximate surface area is 77.6 Å². The van der Waals surface area contributed by atoms with E-state index < -0.39 is 0 Å². The molecule has 0 saturated heterocycles. The van der Waals surface area contributed by atoms with Crippen molar-refractivity contribution in [1.82, 2.24) is 0 Å². The Bertz CT molecular complexity index is 294. The second-order valence-corrected chi connectivity index (χ2v) is 2.98. The van der Waals surface area contributed by atoms with E-state index in [9.17, 15) is 9.18 Å². The van der Waals surface area contributed by atoms with Gasteiger partial charge in [0.1, 0.15) is 12.1 Å². The predicted octanol–water partition coefficient (Wildman–Crippen LogP) is 2.52. The maximum atomic E-state index is 13.0. The average Bonchev–Trinajstić information content (AvgIpc) is 2.16. The second kappa shape index (κ2) is 4.75. The summed E-state index contributed by atoms with van der Waals surface area (Å²) < 4.78 is 13.0. The molecule has 0 aliphatic carbocycles. The Morgan fingerprint density at radius 2 is 2.23 bits per heavy atom. The van der Waals surface area contributed by atoms with Crippen LogP contribution in [0.2, 0.25) is 0 Å². The number of carbonyl (C=O) groups excluding carboxylic acids is 1. The summed E-state index contributed by atoms with van der Waals surface area (Å²) in [5.74, 6) is -0.155. The van der Waals surface area contributed by atoms with Gasteiger partial charge in [0, 0.05) is 6.42 Å². The van der Waals surface area contributed by atoms with Gasteiger partial charge in [-0.1, -0.05) is 19.1 Å². The lowest BCUT2D eigenvalue weighted by molar-refractivity contribution is -0.107. The quantitative estimate of drug-likeness (QED) is 0.651. The van der Waals surface area contributed by atoms with E-state index in [-0.39, 0.29) is 5.82 Å². The minimum absolute atomic E-state index is 0.155. The van der Waals surface area contributed by atoms with Crippen molar-refractivity contribution < 1.29 is 9.18 Å². The first kappa shape index (κ1) is 9.90. The summed E-state index contributed by atoms with van der Waals surface area (Å²) in [7, 11) is 0. The van der Waals surface area contributed by atoms with Crippen LogP contribution in [-0.2, 0) is 17.6 Å². The molecule has 0 N–H and O–H groups in total. The molecule has 0 spiro atoms. The molecule has 0 fully saturated rings. The van der Waals surface area contributed by atoms with Gasteiger partial charge in [-0.15, -0.1) is 0 Å². The molecule has 2 heteroatoms. The monoisotopic (exact) mass is 180 g/mol. The van der Waals surface area contributed by atoms with Gasteiger partial charge in [0.15, 0.2) is 0 Å². The summed E-state index contributed by atoms with van der Waals surface area (Å²) in [6.45, 7) is 1.92. The van der Waals surface area contributed by atoms with E-state index >= 15 is 0 Å². The standard InChI is InChI=1S/C11H13FO/c1-2-10-8-9(4-3-7-13)5-6-11(10)12/h5-8H,2-4H2,1H3. The Morgan fingerprint density at radius 3 is 2.85 bits per heavy atom. The predicted molar refractivity (Wildman–Crippen MR) is 50.2 cm³/mol. The molecular formula is C11H13FO. The average molecular weight is 180 g/mol. The van der Waals surface area contributed by atoms with E-state index in [2.05, 4.69) is 0 Å². The van der Waals surface area contributed by atoms with E-state index in [1.807, 2.05) is 13.0 Å². The van der Waals surface area contributed by atoms with E-state index in [4.69, 9.17) is 0 Å². The highest BCUT2D eigenvalue weighted by Crippen LogP contribution is 2.12. The van der Waals surface area contributed by atoms with Gasteiger partial charge in [-0.05, 0) is 30.0 Å². The Balaban J connectivity index is 2.79. The number of aryl methyl sites for hydroxylation is 2. The molecule has 0 saturated carbocycles. The fourth-order valence-corrected chi connectivity index (χ4v) is 1.28. The van der Waals surface area contributed by atoms with E-state index in [1.54, 1.807) is 6.07 Å². The molecule has 0 aliphatic heterocycles. The molecule has 1 aromatic carbocycles. The van der Waals surface area contributed by atoms with E-state index in [0.717, 1.165) is 17.4 Å². The van der Waals surface area contributed by atoms with Crippen molar-refractivity contribution in [1.29, 1.82) is 0 Å².